The van der Waals surface area contributed by atoms with Crippen molar-refractivity contribution in [1.29, 1.82) is 0 Å². The third kappa shape index (κ3) is 4.55. The Hall–Kier alpha value is -2.20. The number of hydrogen-bond donors (Lipinski definition) is 0. The van der Waals surface area contributed by atoms with Crippen LogP contribution in [0.3, 0.4) is 0 Å². The number of aryl methyl sites for hydroxylation is 2. The molecular formula is C28H24S3. The molecule has 0 N–H and O–H groups in total. The predicted octanol–water partition coefficient (Wildman–Crippen LogP) is 9.26. The molecule has 0 bridgehead atoms. The zero-order chi connectivity index (χ0) is 21.2. The van der Waals surface area contributed by atoms with Crippen molar-refractivity contribution in [2.24, 2.45) is 0 Å². The standard InChI is InChI=1S/C28H24S3/c1-19-13-23-24-15-27(29-17-21-9-5-3-6-10-21)28(30-18-22-11-7-4-8-12-22)16-26(24)31-25(23)14-20(19)2/h3-16H,17-18H2,1-2H3. The van der Waals surface area contributed by atoms with Gasteiger partial charge in [-0.1, -0.05) is 60.7 Å². The maximum Gasteiger partial charge on any atom is 0.0367 e. The van der Waals surface area contributed by atoms with Gasteiger partial charge in [0.15, 0.2) is 0 Å². The van der Waals surface area contributed by atoms with E-state index in [1.165, 1.54) is 52.2 Å². The molecule has 0 amide bonds. The second-order valence-corrected chi connectivity index (χ2v) is 11.0. The number of fused-ring (bicyclic) bond motifs is 3. The summed E-state index contributed by atoms with van der Waals surface area (Å²) in [5.74, 6) is 1.99. The maximum absolute atomic E-state index is 2.43. The lowest BCUT2D eigenvalue weighted by Crippen LogP contribution is -1.85. The lowest BCUT2D eigenvalue weighted by Gasteiger charge is -2.11. The van der Waals surface area contributed by atoms with E-state index in [2.05, 4.69) is 98.8 Å². The van der Waals surface area contributed by atoms with Gasteiger partial charge in [0.2, 0.25) is 0 Å². The second-order valence-electron chi connectivity index (χ2n) is 7.88. The van der Waals surface area contributed by atoms with Crippen LogP contribution >= 0.6 is 34.9 Å². The average Bonchev–Trinajstić information content (AvgIpc) is 3.13. The topological polar surface area (TPSA) is 0 Å². The van der Waals surface area contributed by atoms with Crippen LogP contribution in [0, 0.1) is 13.8 Å². The molecule has 1 aromatic heterocycles. The Morgan fingerprint density at radius 3 is 1.68 bits per heavy atom. The molecule has 5 rings (SSSR count). The lowest BCUT2D eigenvalue weighted by molar-refractivity contribution is 1.26. The van der Waals surface area contributed by atoms with Crippen molar-refractivity contribution in [3.63, 3.8) is 0 Å². The third-order valence-corrected chi connectivity index (χ3v) is 9.12. The first-order valence-electron chi connectivity index (χ1n) is 10.5. The van der Waals surface area contributed by atoms with E-state index in [-0.39, 0.29) is 0 Å². The van der Waals surface area contributed by atoms with Gasteiger partial charge in [-0.15, -0.1) is 34.9 Å². The van der Waals surface area contributed by atoms with Gasteiger partial charge in [0.1, 0.15) is 0 Å². The Kier molecular flexibility index (Phi) is 6.08. The second kappa shape index (κ2) is 9.12. The SMILES string of the molecule is Cc1cc2sc3cc(SCc4ccccc4)c(SCc4ccccc4)cc3c2cc1C. The normalized spacial score (nSPS) is 11.4. The molecule has 0 fully saturated rings. The zero-order valence-corrected chi connectivity index (χ0v) is 20.2. The van der Waals surface area contributed by atoms with E-state index in [1.54, 1.807) is 0 Å². The van der Waals surface area contributed by atoms with Crippen molar-refractivity contribution in [3.05, 3.63) is 107 Å². The minimum Gasteiger partial charge on any atom is -0.135 e. The van der Waals surface area contributed by atoms with Crippen LogP contribution in [0.15, 0.2) is 94.7 Å². The van der Waals surface area contributed by atoms with Gasteiger partial charge in [0, 0.05) is 41.5 Å². The van der Waals surface area contributed by atoms with Gasteiger partial charge in [-0.25, -0.2) is 0 Å². The van der Waals surface area contributed by atoms with Crippen LogP contribution in [-0.2, 0) is 11.5 Å². The van der Waals surface area contributed by atoms with E-state index >= 15 is 0 Å². The van der Waals surface area contributed by atoms with Gasteiger partial charge in [-0.05, 0) is 60.4 Å². The van der Waals surface area contributed by atoms with E-state index in [0.29, 0.717) is 0 Å². The predicted molar refractivity (Wildman–Crippen MR) is 141 cm³/mol. The molecule has 0 saturated heterocycles. The first-order valence-corrected chi connectivity index (χ1v) is 13.3. The summed E-state index contributed by atoms with van der Waals surface area (Å²) in [7, 11) is 0. The van der Waals surface area contributed by atoms with Crippen LogP contribution in [0.1, 0.15) is 22.3 Å². The van der Waals surface area contributed by atoms with Gasteiger partial charge in [-0.2, -0.15) is 0 Å². The fraction of sp³-hybridized carbons (Fsp3) is 0.143. The van der Waals surface area contributed by atoms with E-state index < -0.39 is 0 Å². The molecule has 154 valence electrons. The molecule has 0 aliphatic heterocycles. The van der Waals surface area contributed by atoms with Gasteiger partial charge < -0.3 is 0 Å². The first-order chi connectivity index (χ1) is 15.2. The summed E-state index contributed by atoms with van der Waals surface area (Å²) in [6, 6.07) is 31.1. The Balaban J connectivity index is 1.55. The summed E-state index contributed by atoms with van der Waals surface area (Å²) < 4.78 is 2.78. The molecule has 5 aromatic rings. The molecule has 0 atom stereocenters. The largest absolute Gasteiger partial charge is 0.135 e. The number of hydrogen-bond acceptors (Lipinski definition) is 3. The molecule has 0 saturated carbocycles. The number of thioether (sulfide) groups is 2. The molecule has 0 aliphatic carbocycles. The molecule has 0 radical (unpaired) electrons. The molecule has 0 spiro atoms. The summed E-state index contributed by atoms with van der Waals surface area (Å²) in [5, 5.41) is 2.78. The maximum atomic E-state index is 2.43. The Morgan fingerprint density at radius 2 is 1.06 bits per heavy atom. The van der Waals surface area contributed by atoms with Crippen LogP contribution < -0.4 is 0 Å². The molecule has 1 heterocycles. The number of thiophene rings is 1. The lowest BCUT2D eigenvalue weighted by atomic mass is 10.1. The van der Waals surface area contributed by atoms with Crippen LogP contribution in [0.4, 0.5) is 0 Å². The van der Waals surface area contributed by atoms with Gasteiger partial charge in [0.25, 0.3) is 0 Å². The Morgan fingerprint density at radius 1 is 0.581 bits per heavy atom. The van der Waals surface area contributed by atoms with Crippen molar-refractivity contribution in [2.45, 2.75) is 35.1 Å². The van der Waals surface area contributed by atoms with Crippen LogP contribution in [0.25, 0.3) is 20.2 Å². The summed E-state index contributed by atoms with van der Waals surface area (Å²) in [5.41, 5.74) is 5.48. The summed E-state index contributed by atoms with van der Waals surface area (Å²) in [6.07, 6.45) is 0. The van der Waals surface area contributed by atoms with Crippen molar-refractivity contribution in [3.8, 4) is 0 Å². The monoisotopic (exact) mass is 456 g/mol. The Labute approximate surface area is 196 Å². The molecule has 3 heteroatoms. The van der Waals surface area contributed by atoms with Crippen molar-refractivity contribution >= 4 is 55.0 Å². The molecule has 0 unspecified atom stereocenters. The highest BCUT2D eigenvalue weighted by atomic mass is 32.2. The molecular weight excluding hydrogens is 433 g/mol. The molecule has 31 heavy (non-hydrogen) atoms. The summed E-state index contributed by atoms with van der Waals surface area (Å²) >= 11 is 5.83. The summed E-state index contributed by atoms with van der Waals surface area (Å²) in [4.78, 5) is 2.77. The zero-order valence-electron chi connectivity index (χ0n) is 17.7. The van der Waals surface area contributed by atoms with E-state index in [4.69, 9.17) is 0 Å². The summed E-state index contributed by atoms with van der Waals surface area (Å²) in [6.45, 7) is 4.43. The van der Waals surface area contributed by atoms with E-state index in [1.807, 2.05) is 34.9 Å². The van der Waals surface area contributed by atoms with E-state index in [0.717, 1.165) is 11.5 Å². The number of benzene rings is 4. The van der Waals surface area contributed by atoms with Crippen LogP contribution in [-0.4, -0.2) is 0 Å². The minimum absolute atomic E-state index is 0.992. The Bertz CT molecular complexity index is 1340. The first kappa shape index (κ1) is 20.7. The highest BCUT2D eigenvalue weighted by molar-refractivity contribution is 8.01. The average molecular weight is 457 g/mol. The van der Waals surface area contributed by atoms with Crippen molar-refractivity contribution in [1.82, 2.24) is 0 Å². The fourth-order valence-electron chi connectivity index (χ4n) is 3.74. The molecule has 0 aliphatic rings. The van der Waals surface area contributed by atoms with Gasteiger partial charge in [0.05, 0.1) is 0 Å². The van der Waals surface area contributed by atoms with Crippen molar-refractivity contribution in [2.75, 3.05) is 0 Å². The quantitative estimate of drug-likeness (QED) is 0.233. The van der Waals surface area contributed by atoms with E-state index in [9.17, 15) is 0 Å². The van der Waals surface area contributed by atoms with Crippen LogP contribution in [0.2, 0.25) is 0 Å². The molecule has 0 nitrogen and oxygen atoms in total. The molecule has 4 aromatic carbocycles. The minimum atomic E-state index is 0.992. The smallest absolute Gasteiger partial charge is 0.0367 e. The third-order valence-electron chi connectivity index (χ3n) is 5.63. The highest BCUT2D eigenvalue weighted by Crippen LogP contribution is 2.43. The van der Waals surface area contributed by atoms with Gasteiger partial charge >= 0.3 is 0 Å². The number of rotatable bonds is 6. The van der Waals surface area contributed by atoms with Crippen molar-refractivity contribution < 1.29 is 0 Å². The van der Waals surface area contributed by atoms with Gasteiger partial charge in [-0.3, -0.25) is 0 Å². The highest BCUT2D eigenvalue weighted by Gasteiger charge is 2.13. The van der Waals surface area contributed by atoms with Crippen LogP contribution in [0.5, 0.6) is 0 Å². The fourth-order valence-corrected chi connectivity index (χ4v) is 7.20.